The van der Waals surface area contributed by atoms with E-state index in [-0.39, 0.29) is 21.9 Å². The molecule has 3 heterocycles. The molecule has 1 aliphatic rings. The zero-order chi connectivity index (χ0) is 28.9. The van der Waals surface area contributed by atoms with Gasteiger partial charge in [0.05, 0.1) is 15.1 Å². The molecule has 2 aromatic carbocycles. The van der Waals surface area contributed by atoms with Gasteiger partial charge in [-0.05, 0) is 82.5 Å². The summed E-state index contributed by atoms with van der Waals surface area (Å²) in [6.07, 6.45) is 2.51. The van der Waals surface area contributed by atoms with Crippen LogP contribution in [0.5, 0.6) is 0 Å². The molecule has 0 bridgehead atoms. The molecule has 212 valence electrons. The van der Waals surface area contributed by atoms with Gasteiger partial charge in [0.25, 0.3) is 5.91 Å². The molecule has 2 N–H and O–H groups in total. The molecule has 5 rings (SSSR count). The van der Waals surface area contributed by atoms with E-state index >= 15 is 0 Å². The number of fused-ring (bicyclic) bond motifs is 2. The molecule has 2 aromatic heterocycles. The molecule has 0 saturated heterocycles. The molecular formula is C30H36N4O3S3. The molecule has 1 aliphatic heterocycles. The number of anilines is 1. The Kier molecular flexibility index (Phi) is 7.69. The van der Waals surface area contributed by atoms with E-state index in [1.165, 1.54) is 26.9 Å². The first-order chi connectivity index (χ1) is 18.8. The first-order valence-corrected chi connectivity index (χ1v) is 16.6. The number of sulfonamides is 1. The third-order valence-corrected chi connectivity index (χ3v) is 11.6. The molecule has 10 heteroatoms. The number of para-hydroxylation sites is 1. The van der Waals surface area contributed by atoms with Crippen LogP contribution in [0.4, 0.5) is 5.00 Å². The number of benzene rings is 2. The maximum absolute atomic E-state index is 13.5. The molecule has 40 heavy (non-hydrogen) atoms. The van der Waals surface area contributed by atoms with E-state index in [9.17, 15) is 13.2 Å². The Morgan fingerprint density at radius 1 is 1.07 bits per heavy atom. The van der Waals surface area contributed by atoms with Gasteiger partial charge in [-0.1, -0.05) is 25.5 Å². The van der Waals surface area contributed by atoms with E-state index < -0.39 is 10.0 Å². The van der Waals surface area contributed by atoms with E-state index in [1.807, 2.05) is 25.1 Å². The van der Waals surface area contributed by atoms with Crippen LogP contribution in [-0.4, -0.2) is 42.7 Å². The largest absolute Gasteiger partial charge is 0.313 e. The van der Waals surface area contributed by atoms with Crippen LogP contribution in [0, 0.1) is 0 Å². The number of hydrogen-bond acceptors (Lipinski definition) is 7. The number of nitrogens with zero attached hydrogens (tertiary/aromatic N) is 2. The van der Waals surface area contributed by atoms with Gasteiger partial charge in [-0.3, -0.25) is 4.79 Å². The van der Waals surface area contributed by atoms with Crippen LogP contribution in [0.15, 0.2) is 53.4 Å². The summed E-state index contributed by atoms with van der Waals surface area (Å²) in [6.45, 7) is 11.2. The van der Waals surface area contributed by atoms with Gasteiger partial charge in [-0.25, -0.2) is 17.7 Å². The maximum atomic E-state index is 13.5. The van der Waals surface area contributed by atoms with E-state index in [0.29, 0.717) is 12.1 Å². The highest BCUT2D eigenvalue weighted by Crippen LogP contribution is 2.50. The number of carbonyl (C=O) groups excluding carboxylic acids is 1. The lowest BCUT2D eigenvalue weighted by Gasteiger charge is -2.42. The van der Waals surface area contributed by atoms with Crippen LogP contribution in [0.3, 0.4) is 0 Å². The Labute approximate surface area is 244 Å². The van der Waals surface area contributed by atoms with Crippen molar-refractivity contribution in [1.82, 2.24) is 14.6 Å². The van der Waals surface area contributed by atoms with Crippen molar-refractivity contribution < 1.29 is 13.2 Å². The minimum atomic E-state index is -3.60. The summed E-state index contributed by atoms with van der Waals surface area (Å²) in [6, 6.07) is 14.3. The second-order valence-electron chi connectivity index (χ2n) is 11.6. The lowest BCUT2D eigenvalue weighted by molar-refractivity contribution is 0.102. The van der Waals surface area contributed by atoms with Gasteiger partial charge in [0.1, 0.15) is 10.0 Å². The number of hydrogen-bond donors (Lipinski definition) is 2. The van der Waals surface area contributed by atoms with Gasteiger partial charge >= 0.3 is 0 Å². The first kappa shape index (κ1) is 28.9. The molecule has 0 unspecified atom stereocenters. The van der Waals surface area contributed by atoms with Crippen LogP contribution in [0.1, 0.15) is 68.3 Å². The van der Waals surface area contributed by atoms with Crippen molar-refractivity contribution in [2.45, 2.75) is 69.9 Å². The summed E-state index contributed by atoms with van der Waals surface area (Å²) in [4.78, 5) is 19.8. The Hall–Kier alpha value is -2.63. The summed E-state index contributed by atoms with van der Waals surface area (Å²) >= 11 is 3.22. The van der Waals surface area contributed by atoms with Gasteiger partial charge in [-0.15, -0.1) is 22.7 Å². The molecule has 0 atom stereocenters. The zero-order valence-corrected chi connectivity index (χ0v) is 26.2. The Morgan fingerprint density at radius 2 is 1.77 bits per heavy atom. The predicted molar refractivity (Wildman–Crippen MR) is 166 cm³/mol. The lowest BCUT2D eigenvalue weighted by Crippen LogP contribution is -2.54. The molecule has 1 amide bonds. The summed E-state index contributed by atoms with van der Waals surface area (Å²) in [5.41, 5.74) is 3.12. The molecule has 0 spiro atoms. The fourth-order valence-electron chi connectivity index (χ4n) is 5.46. The minimum Gasteiger partial charge on any atom is -0.313 e. The van der Waals surface area contributed by atoms with Gasteiger partial charge in [0.2, 0.25) is 10.0 Å². The number of rotatable bonds is 8. The fraction of sp³-hybridized carbons (Fsp3) is 0.400. The van der Waals surface area contributed by atoms with Crippen molar-refractivity contribution in [2.24, 2.45) is 0 Å². The molecular weight excluding hydrogens is 561 g/mol. The molecule has 4 aromatic rings. The Balaban J connectivity index is 1.51. The normalized spacial score (nSPS) is 16.3. The SMILES string of the molecule is CCCCN(C)S(=O)(=O)c1ccc(C(=O)Nc2sc3c(c2-c2nc4ccccc4s2)CC(C)(C)NC3(C)C)cc1. The van der Waals surface area contributed by atoms with E-state index in [0.717, 1.165) is 45.1 Å². The number of thiophene rings is 1. The molecule has 0 saturated carbocycles. The highest BCUT2D eigenvalue weighted by molar-refractivity contribution is 7.89. The van der Waals surface area contributed by atoms with E-state index in [4.69, 9.17) is 4.98 Å². The van der Waals surface area contributed by atoms with Crippen LogP contribution in [0.25, 0.3) is 20.8 Å². The van der Waals surface area contributed by atoms with Crippen LogP contribution < -0.4 is 10.6 Å². The summed E-state index contributed by atoms with van der Waals surface area (Å²) in [5.74, 6) is -0.283. The molecule has 7 nitrogen and oxygen atoms in total. The molecule has 0 aliphatic carbocycles. The van der Waals surface area contributed by atoms with Gasteiger partial charge in [0, 0.05) is 40.7 Å². The predicted octanol–water partition coefficient (Wildman–Crippen LogP) is 6.86. The van der Waals surface area contributed by atoms with Crippen molar-refractivity contribution in [2.75, 3.05) is 18.9 Å². The summed E-state index contributed by atoms with van der Waals surface area (Å²) in [7, 11) is -2.02. The second kappa shape index (κ2) is 10.6. The van der Waals surface area contributed by atoms with Crippen molar-refractivity contribution >= 4 is 53.8 Å². The lowest BCUT2D eigenvalue weighted by atomic mass is 9.81. The van der Waals surface area contributed by atoms with Crippen LogP contribution in [0.2, 0.25) is 0 Å². The smallest absolute Gasteiger partial charge is 0.256 e. The highest BCUT2D eigenvalue weighted by atomic mass is 32.2. The number of amides is 1. The monoisotopic (exact) mass is 596 g/mol. The van der Waals surface area contributed by atoms with Crippen molar-refractivity contribution in [3.05, 3.63) is 64.5 Å². The van der Waals surface area contributed by atoms with Gasteiger partial charge in [0.15, 0.2) is 0 Å². The van der Waals surface area contributed by atoms with Crippen molar-refractivity contribution in [1.29, 1.82) is 0 Å². The average molecular weight is 597 g/mol. The number of nitrogens with one attached hydrogen (secondary N) is 2. The fourth-order valence-corrected chi connectivity index (χ4v) is 9.05. The number of carbonyl (C=O) groups is 1. The minimum absolute atomic E-state index is 0.129. The van der Waals surface area contributed by atoms with Gasteiger partial charge < -0.3 is 10.6 Å². The van der Waals surface area contributed by atoms with Gasteiger partial charge in [-0.2, -0.15) is 0 Å². The topological polar surface area (TPSA) is 91.4 Å². The molecule has 0 fully saturated rings. The van der Waals surface area contributed by atoms with E-state index in [1.54, 1.807) is 41.9 Å². The summed E-state index contributed by atoms with van der Waals surface area (Å²) < 4.78 is 28.3. The van der Waals surface area contributed by atoms with Crippen molar-refractivity contribution in [3.63, 3.8) is 0 Å². The standard InChI is InChI=1S/C30H36N4O3S3/c1-7-8-17-34(6)40(36,37)20-15-13-19(14-16-20)26(35)32-28-24(27-31-22-11-9-10-12-23(22)38-27)21-18-29(2,3)33-30(4,5)25(21)39-28/h9-16,33H,7-8,17-18H2,1-6H3,(H,32,35). The first-order valence-electron chi connectivity index (χ1n) is 13.5. The maximum Gasteiger partial charge on any atom is 0.256 e. The average Bonchev–Trinajstić information content (AvgIpc) is 3.47. The number of thiazole rings is 1. The Morgan fingerprint density at radius 3 is 2.45 bits per heavy atom. The third kappa shape index (κ3) is 5.47. The Bertz CT molecular complexity index is 1630. The number of unbranched alkanes of at least 4 members (excludes halogenated alkanes) is 1. The van der Waals surface area contributed by atoms with Crippen molar-refractivity contribution in [3.8, 4) is 10.6 Å². The second-order valence-corrected chi connectivity index (χ2v) is 15.7. The number of aromatic nitrogens is 1. The van der Waals surface area contributed by atoms with E-state index in [2.05, 4.69) is 44.4 Å². The highest BCUT2D eigenvalue weighted by Gasteiger charge is 2.41. The quantitative estimate of drug-likeness (QED) is 0.232. The van der Waals surface area contributed by atoms with Crippen LogP contribution >= 0.6 is 22.7 Å². The summed E-state index contributed by atoms with van der Waals surface area (Å²) in [5, 5.41) is 8.56. The third-order valence-electron chi connectivity index (χ3n) is 7.23. The zero-order valence-electron chi connectivity index (χ0n) is 23.8. The van der Waals surface area contributed by atoms with Crippen LogP contribution in [-0.2, 0) is 22.0 Å². The molecule has 0 radical (unpaired) electrons.